The highest BCUT2D eigenvalue weighted by Crippen LogP contribution is 2.38. The molecular formula is C29H52IN3O7S. The van der Waals surface area contributed by atoms with E-state index in [9.17, 15) is 23.4 Å². The van der Waals surface area contributed by atoms with Crippen molar-refractivity contribution in [2.75, 3.05) is 71.2 Å². The fraction of sp³-hybridized carbons (Fsp3) is 0.862. The van der Waals surface area contributed by atoms with E-state index in [1.54, 1.807) is 23.7 Å². The highest BCUT2D eigenvalue weighted by atomic mass is 127. The van der Waals surface area contributed by atoms with Crippen LogP contribution in [0.25, 0.3) is 0 Å². The zero-order valence-corrected chi connectivity index (χ0v) is 29.0. The van der Waals surface area contributed by atoms with Crippen LogP contribution in [0, 0.1) is 0 Å². The van der Waals surface area contributed by atoms with Crippen molar-refractivity contribution in [3.8, 4) is 0 Å². The van der Waals surface area contributed by atoms with Gasteiger partial charge in [0.05, 0.1) is 24.4 Å². The summed E-state index contributed by atoms with van der Waals surface area (Å²) >= 11 is 1.96. The lowest BCUT2D eigenvalue weighted by molar-refractivity contribution is -0.134. The molecule has 0 radical (unpaired) electrons. The third-order valence-corrected chi connectivity index (χ3v) is 7.74. The van der Waals surface area contributed by atoms with Crippen LogP contribution >= 0.6 is 21.2 Å². The van der Waals surface area contributed by atoms with E-state index >= 15 is 0 Å². The topological polar surface area (TPSA) is 120 Å². The number of hydrogen-bond donors (Lipinski definition) is 0. The van der Waals surface area contributed by atoms with E-state index < -0.39 is 6.24 Å². The second kappa shape index (κ2) is 15.1. The minimum Gasteiger partial charge on any atom is -0.369 e. The van der Waals surface area contributed by atoms with Gasteiger partial charge in [-0.15, -0.1) is 0 Å². The molecule has 0 unspecified atom stereocenters. The minimum absolute atomic E-state index is 0.164. The van der Waals surface area contributed by atoms with Crippen LogP contribution in [0.5, 0.6) is 0 Å². The standard InChI is InChI=1S/2C9H15NO2.C8H13NO2.C3H9IOS/c2*1-2-8(11)10-5-3-9(4-6-10)7-12-9;1-2-8(11)9-5-3-7(10)4-6-9;1-6(2,3,4)5/h2*2-7H2,1H3;2-6H2,1H3;1-3H3. The van der Waals surface area contributed by atoms with E-state index in [2.05, 4.69) is 0 Å². The first-order valence-electron chi connectivity index (χ1n) is 14.9. The molecular weight excluding hydrogens is 661 g/mol. The van der Waals surface area contributed by atoms with Crippen molar-refractivity contribution in [2.45, 2.75) is 89.8 Å². The van der Waals surface area contributed by atoms with Crippen molar-refractivity contribution in [3.05, 3.63) is 0 Å². The Morgan fingerprint density at radius 3 is 1.15 bits per heavy atom. The Morgan fingerprint density at radius 2 is 0.927 bits per heavy atom. The van der Waals surface area contributed by atoms with E-state index in [4.69, 9.17) is 9.47 Å². The Hall–Kier alpha value is -1.12. The summed E-state index contributed by atoms with van der Waals surface area (Å²) in [5, 5.41) is 0. The molecule has 0 bridgehead atoms. The molecule has 0 N–H and O–H groups in total. The number of amides is 3. The van der Waals surface area contributed by atoms with Gasteiger partial charge in [0.25, 0.3) is 0 Å². The number of epoxide rings is 2. The minimum atomic E-state index is -2.13. The molecule has 3 amide bonds. The second-order valence-corrected chi connectivity index (χ2v) is 25.9. The number of rotatable bonds is 3. The van der Waals surface area contributed by atoms with Crippen molar-refractivity contribution in [1.82, 2.24) is 14.7 Å². The quantitative estimate of drug-likeness (QED) is 0.251. The molecule has 5 rings (SSSR count). The molecule has 5 saturated heterocycles. The Bertz CT molecular complexity index is 909. The molecule has 238 valence electrons. The van der Waals surface area contributed by atoms with Gasteiger partial charge >= 0.3 is 0 Å². The van der Waals surface area contributed by atoms with E-state index in [1.807, 2.05) is 51.8 Å². The SMILES string of the molecule is CCC(=O)N1CCC(=O)CC1.CCC(=O)N1CCC2(CC1)CO2.CCC(=O)N1CCC2(CC1)CO2.CS(C)(C)(=O)I. The van der Waals surface area contributed by atoms with E-state index in [1.165, 1.54) is 0 Å². The van der Waals surface area contributed by atoms with Crippen LogP contribution in [0.1, 0.15) is 78.6 Å². The summed E-state index contributed by atoms with van der Waals surface area (Å²) in [6.45, 7) is 12.4. The lowest BCUT2D eigenvalue weighted by Gasteiger charge is -2.30. The highest BCUT2D eigenvalue weighted by Gasteiger charge is 2.47. The smallest absolute Gasteiger partial charge is 0.222 e. The Labute approximate surface area is 258 Å². The first kappa shape index (κ1) is 36.1. The molecule has 0 aromatic carbocycles. The number of hydrogen-bond acceptors (Lipinski definition) is 7. The van der Waals surface area contributed by atoms with Gasteiger partial charge < -0.3 is 24.2 Å². The summed E-state index contributed by atoms with van der Waals surface area (Å²) in [5.41, 5.74) is 0.398. The fourth-order valence-corrected chi connectivity index (χ4v) is 4.79. The second-order valence-electron chi connectivity index (χ2n) is 12.4. The molecule has 0 aliphatic carbocycles. The zero-order chi connectivity index (χ0) is 30.9. The van der Waals surface area contributed by atoms with Crippen LogP contribution in [-0.4, -0.2) is 125 Å². The summed E-state index contributed by atoms with van der Waals surface area (Å²) < 4.78 is 21.5. The normalized spacial score (nSPS) is 23.0. The number of halogens is 1. The van der Waals surface area contributed by atoms with Crippen molar-refractivity contribution >= 4 is 50.9 Å². The summed E-state index contributed by atoms with van der Waals surface area (Å²) in [7, 11) is 0. The number of carbonyl (C=O) groups is 4. The lowest BCUT2D eigenvalue weighted by Crippen LogP contribution is -2.41. The van der Waals surface area contributed by atoms with Crippen LogP contribution in [0.3, 0.4) is 0 Å². The van der Waals surface area contributed by atoms with Crippen LogP contribution in [0.4, 0.5) is 0 Å². The summed E-state index contributed by atoms with van der Waals surface area (Å²) in [5.74, 6) is 1.01. The number of likely N-dealkylation sites (tertiary alicyclic amines) is 3. The van der Waals surface area contributed by atoms with Gasteiger partial charge in [0.2, 0.25) is 17.7 Å². The molecule has 10 nitrogen and oxygen atoms in total. The van der Waals surface area contributed by atoms with Crippen LogP contribution in [0.2, 0.25) is 0 Å². The average Bonchev–Trinajstić information content (AvgIpc) is 3.87. The van der Waals surface area contributed by atoms with Gasteiger partial charge in [-0.1, -0.05) is 27.0 Å². The lowest BCUT2D eigenvalue weighted by atomic mass is 9.98. The largest absolute Gasteiger partial charge is 0.369 e. The molecule has 0 saturated carbocycles. The molecule has 12 heteroatoms. The number of carbonyl (C=O) groups excluding carboxylic acids is 4. The van der Waals surface area contributed by atoms with E-state index in [0.29, 0.717) is 45.2 Å². The van der Waals surface area contributed by atoms with Crippen molar-refractivity contribution in [2.24, 2.45) is 0 Å². The third-order valence-electron chi connectivity index (χ3n) is 7.74. The number of piperidine rings is 3. The van der Waals surface area contributed by atoms with Crippen LogP contribution < -0.4 is 0 Å². The molecule has 0 aromatic heterocycles. The maximum Gasteiger partial charge on any atom is 0.222 e. The van der Waals surface area contributed by atoms with Gasteiger partial charge in [-0.05, 0) is 44.5 Å². The summed E-state index contributed by atoms with van der Waals surface area (Å²) in [6.07, 6.45) is 10.2. The molecule has 5 aliphatic heterocycles. The Kier molecular flexibility index (Phi) is 13.2. The Morgan fingerprint density at radius 1 is 0.683 bits per heavy atom. The van der Waals surface area contributed by atoms with Gasteiger partial charge in [0, 0.05) is 92.6 Å². The fourth-order valence-electron chi connectivity index (χ4n) is 4.79. The van der Waals surface area contributed by atoms with Crippen molar-refractivity contribution in [1.29, 1.82) is 0 Å². The van der Waals surface area contributed by atoms with E-state index in [0.717, 1.165) is 65.1 Å². The number of nitrogens with zero attached hydrogens (tertiary/aromatic N) is 3. The Balaban J connectivity index is 0.000000197. The van der Waals surface area contributed by atoms with Gasteiger partial charge in [0.15, 0.2) is 0 Å². The van der Waals surface area contributed by atoms with Gasteiger partial charge in [-0.25, -0.2) is 0 Å². The molecule has 2 spiro atoms. The molecule has 0 aromatic rings. The maximum absolute atomic E-state index is 11.3. The van der Waals surface area contributed by atoms with Crippen molar-refractivity contribution < 1.29 is 32.9 Å². The first-order valence-corrected chi connectivity index (χ1v) is 20.7. The third kappa shape index (κ3) is 14.3. The van der Waals surface area contributed by atoms with E-state index in [-0.39, 0.29) is 34.7 Å². The zero-order valence-electron chi connectivity index (χ0n) is 26.0. The molecule has 5 aliphatic rings. The molecule has 5 heterocycles. The maximum atomic E-state index is 11.3. The predicted octanol–water partition coefficient (Wildman–Crippen LogP) is 3.21. The molecule has 0 atom stereocenters. The first-order chi connectivity index (χ1) is 19.0. The van der Waals surface area contributed by atoms with Gasteiger partial charge in [-0.2, -0.15) is 0 Å². The highest BCUT2D eigenvalue weighted by molar-refractivity contribution is 14.2. The predicted molar refractivity (Wildman–Crippen MR) is 171 cm³/mol. The number of ketones is 1. The average molecular weight is 714 g/mol. The van der Waals surface area contributed by atoms with Gasteiger partial charge in [-0.3, -0.25) is 23.4 Å². The summed E-state index contributed by atoms with van der Waals surface area (Å²) in [4.78, 5) is 50.1. The molecule has 5 fully saturated rings. The van der Waals surface area contributed by atoms with Crippen molar-refractivity contribution in [3.63, 3.8) is 0 Å². The van der Waals surface area contributed by atoms with Gasteiger partial charge in [0.1, 0.15) is 5.78 Å². The van der Waals surface area contributed by atoms with Crippen LogP contribution in [0.15, 0.2) is 0 Å². The number of Topliss-reactive ketones (excluding diaryl/α,β-unsaturated/α-hetero) is 1. The van der Waals surface area contributed by atoms with Crippen LogP contribution in [-0.2, 0) is 34.9 Å². The summed E-state index contributed by atoms with van der Waals surface area (Å²) in [6, 6.07) is 0. The number of ether oxygens (including phenoxy) is 2. The monoisotopic (exact) mass is 713 g/mol. The molecule has 41 heavy (non-hydrogen) atoms.